The van der Waals surface area contributed by atoms with Crippen LogP contribution in [0.1, 0.15) is 25.5 Å². The molecule has 0 unspecified atom stereocenters. The molecule has 4 heterocycles. The van der Waals surface area contributed by atoms with Gasteiger partial charge in [-0.3, -0.25) is 14.4 Å². The van der Waals surface area contributed by atoms with Gasteiger partial charge in [0, 0.05) is 52.3 Å². The van der Waals surface area contributed by atoms with Crippen LogP contribution in [0.4, 0.5) is 0 Å². The van der Waals surface area contributed by atoms with Gasteiger partial charge < -0.3 is 25.8 Å². The Hall–Kier alpha value is -4.13. The second-order valence-electron chi connectivity index (χ2n) is 6.87. The average Bonchev–Trinajstić information content (AvgIpc) is 3.25. The van der Waals surface area contributed by atoms with Gasteiger partial charge in [0.2, 0.25) is 5.91 Å². The monoisotopic (exact) mass is 458 g/mol. The summed E-state index contributed by atoms with van der Waals surface area (Å²) in [5.74, 6) is 0.399. The van der Waals surface area contributed by atoms with Crippen molar-refractivity contribution in [3.63, 3.8) is 0 Å². The molecule has 13 nitrogen and oxygen atoms in total. The van der Waals surface area contributed by atoms with E-state index in [9.17, 15) is 4.79 Å². The number of primary amides is 1. The normalized spacial score (nSPS) is 12.2. The SMILES string of the molecule is CC(=O)O.CC(=O)O.NC(=O)Cc1nc(-c2cn3c(n2)CCNCC3)n(-c2ccccn2)n1. The smallest absolute Gasteiger partial charge is 0.300 e. The van der Waals surface area contributed by atoms with E-state index in [1.807, 2.05) is 24.4 Å². The predicted octanol–water partition coefficient (Wildman–Crippen LogP) is -0.119. The van der Waals surface area contributed by atoms with E-state index in [1.165, 1.54) is 0 Å². The zero-order chi connectivity index (χ0) is 24.4. The van der Waals surface area contributed by atoms with Crippen LogP contribution in [-0.4, -0.2) is 70.4 Å². The van der Waals surface area contributed by atoms with Gasteiger partial charge in [-0.1, -0.05) is 6.07 Å². The Balaban J connectivity index is 0.000000420. The quantitative estimate of drug-likeness (QED) is 0.410. The van der Waals surface area contributed by atoms with E-state index in [4.69, 9.17) is 30.5 Å². The fourth-order valence-electron chi connectivity index (χ4n) is 2.87. The lowest BCUT2D eigenvalue weighted by Gasteiger charge is -2.02. The molecule has 33 heavy (non-hydrogen) atoms. The summed E-state index contributed by atoms with van der Waals surface area (Å²) >= 11 is 0. The van der Waals surface area contributed by atoms with Crippen LogP contribution in [0.2, 0.25) is 0 Å². The first-order valence-corrected chi connectivity index (χ1v) is 9.99. The van der Waals surface area contributed by atoms with Crippen LogP contribution in [0.25, 0.3) is 17.3 Å². The third kappa shape index (κ3) is 8.14. The lowest BCUT2D eigenvalue weighted by molar-refractivity contribution is -0.135. The van der Waals surface area contributed by atoms with Gasteiger partial charge in [-0.05, 0) is 12.1 Å². The highest BCUT2D eigenvalue weighted by Gasteiger charge is 2.20. The molecule has 1 amide bonds. The number of carboxylic acids is 2. The number of hydrogen-bond acceptors (Lipinski definition) is 8. The van der Waals surface area contributed by atoms with Gasteiger partial charge in [0.25, 0.3) is 11.9 Å². The molecule has 0 fully saturated rings. The number of aliphatic carboxylic acids is 2. The van der Waals surface area contributed by atoms with Gasteiger partial charge >= 0.3 is 0 Å². The van der Waals surface area contributed by atoms with Crippen LogP contribution in [0.3, 0.4) is 0 Å². The first kappa shape index (κ1) is 25.1. The maximum absolute atomic E-state index is 11.3. The number of nitrogens with zero attached hydrogens (tertiary/aromatic N) is 6. The van der Waals surface area contributed by atoms with Gasteiger partial charge in [-0.25, -0.2) is 15.0 Å². The molecule has 0 saturated carbocycles. The third-order valence-corrected chi connectivity index (χ3v) is 3.99. The van der Waals surface area contributed by atoms with Gasteiger partial charge in [-0.2, -0.15) is 4.68 Å². The van der Waals surface area contributed by atoms with Crippen LogP contribution >= 0.6 is 0 Å². The Kier molecular flexibility index (Phi) is 9.17. The number of rotatable bonds is 4. The summed E-state index contributed by atoms with van der Waals surface area (Å²) in [6.45, 7) is 4.83. The topological polar surface area (TPSA) is 191 Å². The highest BCUT2D eigenvalue weighted by atomic mass is 16.4. The lowest BCUT2D eigenvalue weighted by atomic mass is 10.4. The van der Waals surface area contributed by atoms with Crippen LogP contribution in [0.15, 0.2) is 30.6 Å². The molecular weight excluding hydrogens is 432 g/mol. The predicted molar refractivity (Wildman–Crippen MR) is 116 cm³/mol. The Morgan fingerprint density at radius 2 is 1.82 bits per heavy atom. The van der Waals surface area contributed by atoms with E-state index in [2.05, 4.69) is 25.0 Å². The summed E-state index contributed by atoms with van der Waals surface area (Å²) in [5.41, 5.74) is 6.00. The number of nitrogens with two attached hydrogens (primary N) is 1. The molecule has 0 radical (unpaired) electrons. The van der Waals surface area contributed by atoms with Crippen LogP contribution in [0, 0.1) is 0 Å². The fourth-order valence-corrected chi connectivity index (χ4v) is 2.87. The summed E-state index contributed by atoms with van der Waals surface area (Å²) in [5, 5.41) is 22.6. The highest BCUT2D eigenvalue weighted by molar-refractivity contribution is 5.75. The van der Waals surface area contributed by atoms with Crippen molar-refractivity contribution >= 4 is 17.8 Å². The van der Waals surface area contributed by atoms with Crippen molar-refractivity contribution < 1.29 is 24.6 Å². The Bertz CT molecular complexity index is 1050. The maximum Gasteiger partial charge on any atom is 0.300 e. The molecule has 1 aliphatic rings. The minimum atomic E-state index is -0.833. The number of pyridine rings is 1. The van der Waals surface area contributed by atoms with E-state index >= 15 is 0 Å². The zero-order valence-electron chi connectivity index (χ0n) is 18.3. The third-order valence-electron chi connectivity index (χ3n) is 3.99. The van der Waals surface area contributed by atoms with E-state index in [1.54, 1.807) is 10.9 Å². The fraction of sp³-hybridized carbons (Fsp3) is 0.350. The van der Waals surface area contributed by atoms with Crippen molar-refractivity contribution in [1.82, 2.24) is 34.6 Å². The Morgan fingerprint density at radius 1 is 1.12 bits per heavy atom. The van der Waals surface area contributed by atoms with E-state index in [0.717, 1.165) is 45.7 Å². The summed E-state index contributed by atoms with van der Waals surface area (Å²) in [7, 11) is 0. The molecule has 13 heteroatoms. The van der Waals surface area contributed by atoms with Gasteiger partial charge in [0.15, 0.2) is 17.5 Å². The Labute approximate surface area is 189 Å². The summed E-state index contributed by atoms with van der Waals surface area (Å²) in [6.07, 6.45) is 4.48. The molecule has 0 aromatic carbocycles. The first-order valence-electron chi connectivity index (χ1n) is 9.99. The summed E-state index contributed by atoms with van der Waals surface area (Å²) in [4.78, 5) is 42.8. The molecule has 3 aromatic rings. The molecular formula is C20H26N8O5. The van der Waals surface area contributed by atoms with Crippen LogP contribution < -0.4 is 11.1 Å². The lowest BCUT2D eigenvalue weighted by Crippen LogP contribution is -2.17. The number of hydrogen-bond donors (Lipinski definition) is 4. The summed E-state index contributed by atoms with van der Waals surface area (Å²) < 4.78 is 3.74. The molecule has 1 aliphatic heterocycles. The number of fused-ring (bicyclic) bond motifs is 1. The molecule has 0 saturated heterocycles. The van der Waals surface area contributed by atoms with Crippen molar-refractivity contribution in [3.8, 4) is 17.3 Å². The minimum absolute atomic E-state index is 0.0235. The minimum Gasteiger partial charge on any atom is -0.481 e. The average molecular weight is 458 g/mol. The zero-order valence-corrected chi connectivity index (χ0v) is 18.3. The number of nitrogens with one attached hydrogen (secondary N) is 1. The molecule has 0 spiro atoms. The van der Waals surface area contributed by atoms with Crippen molar-refractivity contribution in [1.29, 1.82) is 0 Å². The second kappa shape index (κ2) is 12.0. The Morgan fingerprint density at radius 3 is 2.42 bits per heavy atom. The molecule has 0 bridgehead atoms. The number of amides is 1. The van der Waals surface area contributed by atoms with Crippen molar-refractivity contribution in [3.05, 3.63) is 42.2 Å². The van der Waals surface area contributed by atoms with Crippen LogP contribution in [0.5, 0.6) is 0 Å². The van der Waals surface area contributed by atoms with Gasteiger partial charge in [0.1, 0.15) is 11.5 Å². The summed E-state index contributed by atoms with van der Waals surface area (Å²) in [6, 6.07) is 5.53. The van der Waals surface area contributed by atoms with Gasteiger partial charge in [-0.15, -0.1) is 5.10 Å². The maximum atomic E-state index is 11.3. The number of carboxylic acid groups (broad SMARTS) is 2. The van der Waals surface area contributed by atoms with E-state index < -0.39 is 17.8 Å². The molecule has 5 N–H and O–H groups in total. The number of carbonyl (C=O) groups excluding carboxylic acids is 1. The molecule has 4 rings (SSSR count). The number of aromatic nitrogens is 6. The highest BCUT2D eigenvalue weighted by Crippen LogP contribution is 2.21. The van der Waals surface area contributed by atoms with Gasteiger partial charge in [0.05, 0.1) is 6.42 Å². The molecule has 0 aliphatic carbocycles. The molecule has 176 valence electrons. The number of imidazole rings is 1. The standard InChI is InChI=1S/C16H18N8O.2C2H4O2/c17-12(25)9-13-21-16(24(22-13)14-3-1-2-5-19-14)11-10-23-8-7-18-6-4-15(23)20-11;2*1-2(3)4/h1-3,5,10,18H,4,6-9H2,(H2,17,25);2*1H3,(H,3,4). The first-order chi connectivity index (χ1) is 15.7. The second-order valence-corrected chi connectivity index (χ2v) is 6.87. The molecule has 3 aromatic heterocycles. The molecule has 0 atom stereocenters. The van der Waals surface area contributed by atoms with E-state index in [-0.39, 0.29) is 6.42 Å². The van der Waals surface area contributed by atoms with Crippen molar-refractivity contribution in [2.24, 2.45) is 5.73 Å². The van der Waals surface area contributed by atoms with Crippen molar-refractivity contribution in [2.75, 3.05) is 13.1 Å². The largest absolute Gasteiger partial charge is 0.481 e. The van der Waals surface area contributed by atoms with Crippen LogP contribution in [-0.2, 0) is 33.8 Å². The van der Waals surface area contributed by atoms with E-state index in [0.29, 0.717) is 23.2 Å². The number of carbonyl (C=O) groups is 3. The van der Waals surface area contributed by atoms with Crippen molar-refractivity contribution in [2.45, 2.75) is 33.2 Å².